The van der Waals surface area contributed by atoms with E-state index in [0.717, 1.165) is 49.9 Å². The Morgan fingerprint density at radius 3 is 2.59 bits per heavy atom. The number of carbonyl (C=O) groups is 3. The van der Waals surface area contributed by atoms with Crippen molar-refractivity contribution >= 4 is 23.4 Å². The Balaban J connectivity index is 1.43. The number of hydrogen-bond acceptors (Lipinski definition) is 4. The molecule has 2 atom stereocenters. The minimum Gasteiger partial charge on any atom is -0.348 e. The van der Waals surface area contributed by atoms with E-state index in [1.807, 2.05) is 30.3 Å². The molecular weight excluding hydrogens is 406 g/mol. The van der Waals surface area contributed by atoms with E-state index in [0.29, 0.717) is 19.4 Å². The number of nitrogens with zero attached hydrogens (tertiary/aromatic N) is 2. The summed E-state index contributed by atoms with van der Waals surface area (Å²) >= 11 is 0. The second-order valence-electron chi connectivity index (χ2n) is 8.71. The third-order valence-corrected chi connectivity index (χ3v) is 6.41. The smallest absolute Gasteiger partial charge is 0.249 e. The molecule has 1 aromatic carbocycles. The van der Waals surface area contributed by atoms with Crippen LogP contribution in [0.15, 0.2) is 42.9 Å². The maximum absolute atomic E-state index is 13.2. The number of imidazole rings is 1. The maximum Gasteiger partial charge on any atom is 0.249 e. The predicted octanol–water partition coefficient (Wildman–Crippen LogP) is 2.33. The van der Waals surface area contributed by atoms with Gasteiger partial charge in [0.25, 0.3) is 0 Å². The maximum atomic E-state index is 13.2. The van der Waals surface area contributed by atoms with Crippen LogP contribution in [0.4, 0.5) is 5.69 Å². The van der Waals surface area contributed by atoms with Gasteiger partial charge in [-0.25, -0.2) is 4.98 Å². The van der Waals surface area contributed by atoms with Crippen LogP contribution in [0.3, 0.4) is 0 Å². The fourth-order valence-corrected chi connectivity index (χ4v) is 4.63. The Morgan fingerprint density at radius 2 is 1.88 bits per heavy atom. The molecule has 32 heavy (non-hydrogen) atoms. The molecule has 2 heterocycles. The van der Waals surface area contributed by atoms with E-state index in [-0.39, 0.29) is 23.6 Å². The molecule has 0 unspecified atom stereocenters. The Morgan fingerprint density at radius 1 is 1.09 bits per heavy atom. The molecule has 8 nitrogen and oxygen atoms in total. The molecule has 0 bridgehead atoms. The van der Waals surface area contributed by atoms with Crippen LogP contribution in [0.1, 0.15) is 50.6 Å². The number of anilines is 1. The van der Waals surface area contributed by atoms with Crippen molar-refractivity contribution in [1.29, 1.82) is 0 Å². The molecule has 4 rings (SSSR count). The lowest BCUT2D eigenvalue weighted by atomic mass is 9.88. The largest absolute Gasteiger partial charge is 0.348 e. The minimum atomic E-state index is -0.759. The van der Waals surface area contributed by atoms with Gasteiger partial charge in [-0.1, -0.05) is 37.5 Å². The highest BCUT2D eigenvalue weighted by molar-refractivity contribution is 6.00. The summed E-state index contributed by atoms with van der Waals surface area (Å²) in [5.74, 6) is -0.581. The highest BCUT2D eigenvalue weighted by atomic mass is 16.2. The Hall–Kier alpha value is -3.16. The van der Waals surface area contributed by atoms with Gasteiger partial charge >= 0.3 is 0 Å². The van der Waals surface area contributed by atoms with Gasteiger partial charge in [0.1, 0.15) is 12.1 Å². The molecule has 1 aliphatic carbocycles. The number of aromatic nitrogens is 2. The van der Waals surface area contributed by atoms with Crippen molar-refractivity contribution < 1.29 is 14.4 Å². The number of para-hydroxylation sites is 1. The second-order valence-corrected chi connectivity index (χ2v) is 8.71. The standard InChI is InChI=1S/C24H31N5O3/c30-22(17-8-3-1-4-9-17)28-21(14-18-15-25-16-26-18)23(31)27-20-12-7-13-29(24(20)32)19-10-5-2-6-11-19/h2,5-6,10-11,15-17,20-21H,1,3-4,7-9,12-14H2,(H,25,26)(H,27,31)(H,28,30)/t20-,21+/m1/s1. The quantitative estimate of drug-likeness (QED) is 0.618. The monoisotopic (exact) mass is 437 g/mol. The summed E-state index contributed by atoms with van der Waals surface area (Å²) in [6.45, 7) is 0.630. The first-order valence-electron chi connectivity index (χ1n) is 11.6. The Bertz CT molecular complexity index is 909. The van der Waals surface area contributed by atoms with Gasteiger partial charge in [-0.2, -0.15) is 0 Å². The van der Waals surface area contributed by atoms with E-state index in [4.69, 9.17) is 0 Å². The van der Waals surface area contributed by atoms with Gasteiger partial charge in [-0.3, -0.25) is 14.4 Å². The number of aromatic amines is 1. The SMILES string of the molecule is O=C(N[C@@H](Cc1cnc[nH]1)C(=O)N[C@@H]1CCCN(c2ccccc2)C1=O)C1CCCCC1. The van der Waals surface area contributed by atoms with Crippen molar-refractivity contribution in [1.82, 2.24) is 20.6 Å². The van der Waals surface area contributed by atoms with E-state index in [9.17, 15) is 14.4 Å². The fourth-order valence-electron chi connectivity index (χ4n) is 4.63. The van der Waals surface area contributed by atoms with E-state index in [1.54, 1.807) is 17.4 Å². The molecule has 2 aromatic rings. The summed E-state index contributed by atoms with van der Waals surface area (Å²) in [4.78, 5) is 47.9. The molecule has 2 fully saturated rings. The lowest BCUT2D eigenvalue weighted by Crippen LogP contribution is -2.57. The topological polar surface area (TPSA) is 107 Å². The van der Waals surface area contributed by atoms with E-state index < -0.39 is 12.1 Å². The molecule has 8 heteroatoms. The number of rotatable bonds is 7. The Kier molecular flexibility index (Phi) is 7.19. The number of H-pyrrole nitrogens is 1. The summed E-state index contributed by atoms with van der Waals surface area (Å²) < 4.78 is 0. The van der Waals surface area contributed by atoms with Crippen LogP contribution in [-0.2, 0) is 20.8 Å². The number of benzene rings is 1. The molecule has 1 aliphatic heterocycles. The average molecular weight is 438 g/mol. The molecule has 170 valence electrons. The van der Waals surface area contributed by atoms with Crippen LogP contribution in [0, 0.1) is 5.92 Å². The van der Waals surface area contributed by atoms with Crippen LogP contribution in [-0.4, -0.2) is 46.3 Å². The van der Waals surface area contributed by atoms with E-state index in [2.05, 4.69) is 20.6 Å². The van der Waals surface area contributed by atoms with Gasteiger partial charge in [0.15, 0.2) is 0 Å². The lowest BCUT2D eigenvalue weighted by molar-refractivity contribution is -0.133. The van der Waals surface area contributed by atoms with Gasteiger partial charge < -0.3 is 20.5 Å². The fraction of sp³-hybridized carbons (Fsp3) is 0.500. The van der Waals surface area contributed by atoms with E-state index >= 15 is 0 Å². The highest BCUT2D eigenvalue weighted by Gasteiger charge is 2.34. The summed E-state index contributed by atoms with van der Waals surface area (Å²) in [6, 6.07) is 8.13. The molecule has 1 saturated heterocycles. The number of amides is 3. The van der Waals surface area contributed by atoms with Gasteiger partial charge in [-0.15, -0.1) is 0 Å². The number of nitrogens with one attached hydrogen (secondary N) is 3. The zero-order valence-electron chi connectivity index (χ0n) is 18.3. The molecule has 3 amide bonds. The summed E-state index contributed by atoms with van der Waals surface area (Å²) in [5.41, 5.74) is 1.59. The van der Waals surface area contributed by atoms with Crippen molar-refractivity contribution in [2.24, 2.45) is 5.92 Å². The first-order chi connectivity index (χ1) is 15.6. The third-order valence-electron chi connectivity index (χ3n) is 6.41. The second kappa shape index (κ2) is 10.4. The molecular formula is C24H31N5O3. The van der Waals surface area contributed by atoms with Crippen LogP contribution in [0.5, 0.6) is 0 Å². The van der Waals surface area contributed by atoms with Gasteiger partial charge in [-0.05, 0) is 37.8 Å². The van der Waals surface area contributed by atoms with Crippen molar-refractivity contribution in [3.63, 3.8) is 0 Å². The molecule has 0 spiro atoms. The average Bonchev–Trinajstić information content (AvgIpc) is 3.34. The van der Waals surface area contributed by atoms with Crippen molar-refractivity contribution in [2.75, 3.05) is 11.4 Å². The van der Waals surface area contributed by atoms with Crippen LogP contribution < -0.4 is 15.5 Å². The van der Waals surface area contributed by atoms with Gasteiger partial charge in [0, 0.05) is 36.5 Å². The van der Waals surface area contributed by atoms with Crippen molar-refractivity contribution in [2.45, 2.75) is 63.5 Å². The third kappa shape index (κ3) is 5.36. The van der Waals surface area contributed by atoms with Gasteiger partial charge in [0.2, 0.25) is 17.7 Å². The summed E-state index contributed by atoms with van der Waals surface area (Å²) in [5, 5.41) is 5.86. The minimum absolute atomic E-state index is 0.0503. The molecule has 0 radical (unpaired) electrons. The highest BCUT2D eigenvalue weighted by Crippen LogP contribution is 2.24. The summed E-state index contributed by atoms with van der Waals surface area (Å²) in [6.07, 6.45) is 9.84. The van der Waals surface area contributed by atoms with Crippen molar-refractivity contribution in [3.8, 4) is 0 Å². The Labute approximate surface area is 188 Å². The number of piperidine rings is 1. The first kappa shape index (κ1) is 22.0. The van der Waals surface area contributed by atoms with Crippen LogP contribution in [0.25, 0.3) is 0 Å². The number of hydrogen-bond donors (Lipinski definition) is 3. The van der Waals surface area contributed by atoms with Crippen LogP contribution in [0.2, 0.25) is 0 Å². The molecule has 1 aromatic heterocycles. The molecule has 3 N–H and O–H groups in total. The predicted molar refractivity (Wildman–Crippen MR) is 121 cm³/mol. The van der Waals surface area contributed by atoms with Gasteiger partial charge in [0.05, 0.1) is 6.33 Å². The normalized spacial score (nSPS) is 20.6. The number of carbonyl (C=O) groups excluding carboxylic acids is 3. The van der Waals surface area contributed by atoms with Crippen LogP contribution >= 0.6 is 0 Å². The first-order valence-corrected chi connectivity index (χ1v) is 11.6. The summed E-state index contributed by atoms with van der Waals surface area (Å²) in [7, 11) is 0. The molecule has 1 saturated carbocycles. The van der Waals surface area contributed by atoms with Crippen molar-refractivity contribution in [3.05, 3.63) is 48.5 Å². The van der Waals surface area contributed by atoms with E-state index in [1.165, 1.54) is 0 Å². The molecule has 2 aliphatic rings. The zero-order valence-corrected chi connectivity index (χ0v) is 18.3. The zero-order chi connectivity index (χ0) is 22.3. The lowest BCUT2D eigenvalue weighted by Gasteiger charge is -2.33.